The third-order valence-electron chi connectivity index (χ3n) is 3.16. The van der Waals surface area contributed by atoms with Crippen LogP contribution in [-0.4, -0.2) is 17.6 Å². The first kappa shape index (κ1) is 12.0. The van der Waals surface area contributed by atoms with Gasteiger partial charge in [0.25, 0.3) is 0 Å². The van der Waals surface area contributed by atoms with Gasteiger partial charge in [-0.2, -0.15) is 0 Å². The molecule has 1 fully saturated rings. The lowest BCUT2D eigenvalue weighted by Crippen LogP contribution is -2.29. The van der Waals surface area contributed by atoms with Gasteiger partial charge in [0.05, 0.1) is 6.04 Å². The Morgan fingerprint density at radius 2 is 2.38 bits per heavy atom. The van der Waals surface area contributed by atoms with Crippen LogP contribution in [0.15, 0.2) is 5.38 Å². The number of aromatic nitrogens is 1. The summed E-state index contributed by atoms with van der Waals surface area (Å²) in [5.41, 5.74) is 7.17. The molecule has 0 radical (unpaired) electrons. The van der Waals surface area contributed by atoms with Crippen LogP contribution in [0.3, 0.4) is 0 Å². The molecule has 1 aliphatic rings. The van der Waals surface area contributed by atoms with Crippen molar-refractivity contribution in [3.05, 3.63) is 16.1 Å². The molecule has 0 aromatic carbocycles. The Balaban J connectivity index is 1.69. The molecular formula is C12H21N3S. The molecule has 1 aromatic rings. The lowest BCUT2D eigenvalue weighted by Gasteiger charge is -2.14. The van der Waals surface area contributed by atoms with Crippen molar-refractivity contribution in [1.29, 1.82) is 0 Å². The zero-order valence-corrected chi connectivity index (χ0v) is 10.9. The van der Waals surface area contributed by atoms with E-state index in [0.29, 0.717) is 12.1 Å². The normalized spacial score (nSPS) is 19.7. The minimum atomic E-state index is 0.352. The number of nitrogens with one attached hydrogen (secondary N) is 1. The second-order valence-electron chi connectivity index (χ2n) is 4.79. The molecule has 0 bridgehead atoms. The number of hydrogen-bond donors (Lipinski definition) is 2. The van der Waals surface area contributed by atoms with Gasteiger partial charge in [-0.1, -0.05) is 0 Å². The van der Waals surface area contributed by atoms with Crippen LogP contribution < -0.4 is 11.1 Å². The molecule has 4 heteroatoms. The first-order valence-corrected chi connectivity index (χ1v) is 6.96. The van der Waals surface area contributed by atoms with Crippen LogP contribution in [0.25, 0.3) is 0 Å². The highest BCUT2D eigenvalue weighted by atomic mass is 32.1. The van der Waals surface area contributed by atoms with Gasteiger partial charge < -0.3 is 11.1 Å². The van der Waals surface area contributed by atoms with E-state index in [2.05, 4.69) is 22.6 Å². The molecule has 1 aromatic heterocycles. The molecule has 1 aliphatic carbocycles. The van der Waals surface area contributed by atoms with Gasteiger partial charge in [-0.05, 0) is 45.6 Å². The molecule has 2 rings (SSSR count). The molecule has 16 heavy (non-hydrogen) atoms. The molecule has 3 nitrogen and oxygen atoms in total. The number of thiazole rings is 1. The third kappa shape index (κ3) is 3.27. The van der Waals surface area contributed by atoms with Gasteiger partial charge in [0.1, 0.15) is 5.01 Å². The maximum absolute atomic E-state index is 6.05. The monoisotopic (exact) mass is 239 g/mol. The number of hydrogen-bond acceptors (Lipinski definition) is 4. The van der Waals surface area contributed by atoms with Crippen molar-refractivity contribution in [3.8, 4) is 0 Å². The molecule has 0 spiro atoms. The van der Waals surface area contributed by atoms with Crippen LogP contribution >= 0.6 is 11.3 Å². The summed E-state index contributed by atoms with van der Waals surface area (Å²) in [6.45, 7) is 5.20. The van der Waals surface area contributed by atoms with Crippen molar-refractivity contribution in [2.45, 2.75) is 45.2 Å². The van der Waals surface area contributed by atoms with E-state index in [4.69, 9.17) is 5.73 Å². The second-order valence-corrected chi connectivity index (χ2v) is 5.68. The van der Waals surface area contributed by atoms with Crippen molar-refractivity contribution >= 4 is 11.3 Å². The highest BCUT2D eigenvalue weighted by Gasteiger charge is 2.27. The lowest BCUT2D eigenvalue weighted by molar-refractivity contribution is 0.486. The Labute approximate surface area is 101 Å². The Bertz CT molecular complexity index is 333. The van der Waals surface area contributed by atoms with Gasteiger partial charge in [0.2, 0.25) is 0 Å². The van der Waals surface area contributed by atoms with Gasteiger partial charge in [-0.3, -0.25) is 0 Å². The van der Waals surface area contributed by atoms with Crippen molar-refractivity contribution < 1.29 is 0 Å². The van der Waals surface area contributed by atoms with Gasteiger partial charge in [0.15, 0.2) is 0 Å². The molecule has 1 heterocycles. The minimum Gasteiger partial charge on any atom is -0.327 e. The van der Waals surface area contributed by atoms with Crippen LogP contribution in [0.2, 0.25) is 0 Å². The summed E-state index contributed by atoms with van der Waals surface area (Å²) in [5, 5.41) is 6.77. The molecule has 90 valence electrons. The van der Waals surface area contributed by atoms with Crippen molar-refractivity contribution in [2.75, 3.05) is 6.54 Å². The molecule has 0 amide bonds. The van der Waals surface area contributed by atoms with Crippen LogP contribution in [0.4, 0.5) is 0 Å². The fourth-order valence-corrected chi connectivity index (χ4v) is 2.71. The van der Waals surface area contributed by atoms with E-state index in [1.54, 1.807) is 11.3 Å². The lowest BCUT2D eigenvalue weighted by atomic mass is 10.1. The molecular weight excluding hydrogens is 218 g/mol. The van der Waals surface area contributed by atoms with E-state index in [1.165, 1.54) is 17.8 Å². The zero-order valence-electron chi connectivity index (χ0n) is 10.1. The topological polar surface area (TPSA) is 50.9 Å². The molecule has 2 unspecified atom stereocenters. The largest absolute Gasteiger partial charge is 0.327 e. The van der Waals surface area contributed by atoms with Gasteiger partial charge in [-0.15, -0.1) is 11.3 Å². The number of aryl methyl sites for hydroxylation is 1. The predicted octanol–water partition coefficient (Wildman–Crippen LogP) is 2.23. The number of nitrogens with two attached hydrogens (primary N) is 1. The molecule has 0 saturated heterocycles. The summed E-state index contributed by atoms with van der Waals surface area (Å²) in [7, 11) is 0. The Hall–Kier alpha value is -0.450. The fourth-order valence-electron chi connectivity index (χ4n) is 1.88. The SMILES string of the molecule is Cc1csc(C(C)NCCC(N)C2CC2)n1. The first-order valence-electron chi connectivity index (χ1n) is 6.08. The standard InChI is InChI=1S/C12H21N3S/c1-8-7-16-12(15-8)9(2)14-6-5-11(13)10-3-4-10/h7,9-11,14H,3-6,13H2,1-2H3. The van der Waals surface area contributed by atoms with E-state index in [1.807, 2.05) is 6.92 Å². The van der Waals surface area contributed by atoms with E-state index >= 15 is 0 Å². The summed E-state index contributed by atoms with van der Waals surface area (Å²) in [5.74, 6) is 0.805. The Kier molecular flexibility index (Phi) is 3.95. The van der Waals surface area contributed by atoms with E-state index < -0.39 is 0 Å². The van der Waals surface area contributed by atoms with Crippen molar-refractivity contribution in [3.63, 3.8) is 0 Å². The van der Waals surface area contributed by atoms with E-state index in [-0.39, 0.29) is 0 Å². The molecule has 0 aliphatic heterocycles. The predicted molar refractivity (Wildman–Crippen MR) is 68.6 cm³/mol. The molecule has 1 saturated carbocycles. The average molecular weight is 239 g/mol. The Morgan fingerprint density at radius 1 is 1.62 bits per heavy atom. The van der Waals surface area contributed by atoms with Crippen molar-refractivity contribution in [2.24, 2.45) is 11.7 Å². The highest BCUT2D eigenvalue weighted by Crippen LogP contribution is 2.32. The van der Waals surface area contributed by atoms with Gasteiger partial charge in [0, 0.05) is 17.1 Å². The summed E-state index contributed by atoms with van der Waals surface area (Å²) < 4.78 is 0. The average Bonchev–Trinajstić information content (AvgIpc) is 3.01. The van der Waals surface area contributed by atoms with Crippen LogP contribution in [0.1, 0.15) is 42.9 Å². The maximum atomic E-state index is 6.05. The number of rotatable bonds is 6. The zero-order chi connectivity index (χ0) is 11.5. The van der Waals surface area contributed by atoms with Crippen LogP contribution in [-0.2, 0) is 0 Å². The van der Waals surface area contributed by atoms with Crippen LogP contribution in [0.5, 0.6) is 0 Å². The van der Waals surface area contributed by atoms with E-state index in [0.717, 1.165) is 24.6 Å². The third-order valence-corrected chi connectivity index (χ3v) is 4.31. The van der Waals surface area contributed by atoms with Crippen LogP contribution in [0, 0.1) is 12.8 Å². The summed E-state index contributed by atoms with van der Waals surface area (Å²) >= 11 is 1.73. The highest BCUT2D eigenvalue weighted by molar-refractivity contribution is 7.09. The second kappa shape index (κ2) is 5.25. The summed E-state index contributed by atoms with van der Waals surface area (Å²) in [4.78, 5) is 4.48. The maximum Gasteiger partial charge on any atom is 0.110 e. The van der Waals surface area contributed by atoms with Crippen molar-refractivity contribution in [1.82, 2.24) is 10.3 Å². The van der Waals surface area contributed by atoms with E-state index in [9.17, 15) is 0 Å². The smallest absolute Gasteiger partial charge is 0.110 e. The molecule has 3 N–H and O–H groups in total. The summed E-state index contributed by atoms with van der Waals surface area (Å²) in [6.07, 6.45) is 3.75. The Morgan fingerprint density at radius 3 is 2.94 bits per heavy atom. The number of nitrogens with zero attached hydrogens (tertiary/aromatic N) is 1. The van der Waals surface area contributed by atoms with Gasteiger partial charge >= 0.3 is 0 Å². The minimum absolute atomic E-state index is 0.352. The fraction of sp³-hybridized carbons (Fsp3) is 0.750. The van der Waals surface area contributed by atoms with Gasteiger partial charge in [-0.25, -0.2) is 4.98 Å². The first-order chi connectivity index (χ1) is 7.66. The summed E-state index contributed by atoms with van der Waals surface area (Å²) in [6, 6.07) is 0.753. The quantitative estimate of drug-likeness (QED) is 0.800. The molecule has 2 atom stereocenters.